The van der Waals surface area contributed by atoms with Crippen molar-refractivity contribution in [2.75, 3.05) is 5.32 Å². The van der Waals surface area contributed by atoms with Crippen LogP contribution in [0.15, 0.2) is 24.5 Å². The van der Waals surface area contributed by atoms with Crippen LogP contribution in [-0.4, -0.2) is 20.1 Å². The molecule has 2 N–H and O–H groups in total. The van der Waals surface area contributed by atoms with Gasteiger partial charge in [0, 0.05) is 21.4 Å². The van der Waals surface area contributed by atoms with E-state index in [-0.39, 0.29) is 11.7 Å². The van der Waals surface area contributed by atoms with Crippen molar-refractivity contribution in [3.63, 3.8) is 0 Å². The number of aromatic nitrogens is 3. The lowest BCUT2D eigenvalue weighted by Crippen LogP contribution is -2.09. The molecule has 1 unspecified atom stereocenters. The van der Waals surface area contributed by atoms with E-state index in [2.05, 4.69) is 43.1 Å². The zero-order chi connectivity index (χ0) is 13.1. The lowest BCUT2D eigenvalue weighted by Gasteiger charge is -2.13. The largest absolute Gasteiger partial charge is 0.374 e. The Kier molecular flexibility index (Phi) is 3.75. The van der Waals surface area contributed by atoms with Gasteiger partial charge in [0.25, 0.3) is 5.69 Å². The van der Waals surface area contributed by atoms with Gasteiger partial charge in [-0.15, -0.1) is 0 Å². The van der Waals surface area contributed by atoms with Crippen molar-refractivity contribution < 1.29 is 4.92 Å². The number of hydrogen-bond acceptors (Lipinski definition) is 5. The normalized spacial score (nSPS) is 12.1. The van der Waals surface area contributed by atoms with Gasteiger partial charge in [-0.2, -0.15) is 5.10 Å². The Morgan fingerprint density at radius 1 is 1.56 bits per heavy atom. The third-order valence-electron chi connectivity index (χ3n) is 2.38. The second kappa shape index (κ2) is 5.29. The molecule has 1 heterocycles. The van der Waals surface area contributed by atoms with Gasteiger partial charge in [-0.1, -0.05) is 0 Å². The second-order valence-electron chi connectivity index (χ2n) is 3.66. The summed E-state index contributed by atoms with van der Waals surface area (Å²) in [6.07, 6.45) is 1.44. The topological polar surface area (TPSA) is 96.7 Å². The summed E-state index contributed by atoms with van der Waals surface area (Å²) in [5.41, 5.74) is 0.905. The maximum atomic E-state index is 10.6. The van der Waals surface area contributed by atoms with Crippen LogP contribution in [0.25, 0.3) is 0 Å². The monoisotopic (exact) mass is 359 g/mol. The lowest BCUT2D eigenvalue weighted by atomic mass is 10.2. The van der Waals surface area contributed by atoms with Gasteiger partial charge >= 0.3 is 0 Å². The summed E-state index contributed by atoms with van der Waals surface area (Å²) in [6, 6.07) is 4.63. The molecule has 0 saturated carbocycles. The van der Waals surface area contributed by atoms with Crippen molar-refractivity contribution in [1.29, 1.82) is 0 Å². The highest BCUT2D eigenvalue weighted by Crippen LogP contribution is 2.26. The number of non-ortho nitro benzene ring substituents is 1. The van der Waals surface area contributed by atoms with Crippen molar-refractivity contribution in [1.82, 2.24) is 15.2 Å². The number of anilines is 1. The first-order valence-corrected chi connectivity index (χ1v) is 6.21. The minimum Gasteiger partial charge on any atom is -0.374 e. The van der Waals surface area contributed by atoms with Gasteiger partial charge in [0.05, 0.1) is 11.0 Å². The second-order valence-corrected chi connectivity index (χ2v) is 4.82. The molecule has 1 aromatic carbocycles. The summed E-state index contributed by atoms with van der Waals surface area (Å²) in [4.78, 5) is 14.3. The van der Waals surface area contributed by atoms with Gasteiger partial charge in [-0.25, -0.2) is 4.98 Å². The van der Waals surface area contributed by atoms with E-state index in [0.29, 0.717) is 5.82 Å². The summed E-state index contributed by atoms with van der Waals surface area (Å²) in [6.45, 7) is 1.93. The smallest absolute Gasteiger partial charge is 0.270 e. The van der Waals surface area contributed by atoms with Gasteiger partial charge in [0.1, 0.15) is 12.2 Å². The van der Waals surface area contributed by atoms with Gasteiger partial charge in [0.15, 0.2) is 0 Å². The van der Waals surface area contributed by atoms with E-state index < -0.39 is 4.92 Å². The van der Waals surface area contributed by atoms with Crippen LogP contribution in [0, 0.1) is 13.7 Å². The molecule has 1 aromatic heterocycles. The number of aromatic amines is 1. The van der Waals surface area contributed by atoms with Crippen LogP contribution < -0.4 is 5.32 Å². The molecule has 0 bridgehead atoms. The van der Waals surface area contributed by atoms with Crippen molar-refractivity contribution in [2.24, 2.45) is 0 Å². The van der Waals surface area contributed by atoms with Crippen molar-refractivity contribution >= 4 is 34.0 Å². The molecule has 0 spiro atoms. The Morgan fingerprint density at radius 3 is 2.89 bits per heavy atom. The minimum atomic E-state index is -0.411. The average Bonchev–Trinajstić information content (AvgIpc) is 2.85. The average molecular weight is 359 g/mol. The highest BCUT2D eigenvalue weighted by Gasteiger charge is 2.12. The Balaban J connectivity index is 2.17. The van der Waals surface area contributed by atoms with Crippen molar-refractivity contribution in [2.45, 2.75) is 13.0 Å². The third-order valence-corrected chi connectivity index (χ3v) is 3.27. The summed E-state index contributed by atoms with van der Waals surface area (Å²) < 4.78 is 0.785. The fraction of sp³-hybridized carbons (Fsp3) is 0.200. The first kappa shape index (κ1) is 12.7. The van der Waals surface area contributed by atoms with Crippen molar-refractivity contribution in [3.05, 3.63) is 44.0 Å². The molecule has 94 valence electrons. The fourth-order valence-corrected chi connectivity index (χ4v) is 2.11. The number of benzene rings is 1. The molecule has 2 aromatic rings. The number of halogens is 1. The molecule has 0 fully saturated rings. The van der Waals surface area contributed by atoms with Gasteiger partial charge in [0.2, 0.25) is 0 Å². The number of nitrogens with one attached hydrogen (secondary N) is 2. The predicted molar refractivity (Wildman–Crippen MR) is 74.2 cm³/mol. The summed E-state index contributed by atoms with van der Waals surface area (Å²) in [5, 5.41) is 20.4. The van der Waals surface area contributed by atoms with E-state index in [1.165, 1.54) is 18.5 Å². The van der Waals surface area contributed by atoms with E-state index >= 15 is 0 Å². The number of hydrogen-bond donors (Lipinski definition) is 2. The maximum absolute atomic E-state index is 10.6. The SMILES string of the molecule is CC(Nc1ccc([N+](=O)[O-])cc1I)c1ncn[nH]1. The Hall–Kier alpha value is -1.71. The quantitative estimate of drug-likeness (QED) is 0.497. The number of nitrogens with zero attached hydrogens (tertiary/aromatic N) is 3. The highest BCUT2D eigenvalue weighted by atomic mass is 127. The van der Waals surface area contributed by atoms with Crippen LogP contribution >= 0.6 is 22.6 Å². The van der Waals surface area contributed by atoms with Gasteiger partial charge in [-0.05, 0) is 35.6 Å². The Morgan fingerprint density at radius 2 is 2.33 bits per heavy atom. The number of H-pyrrole nitrogens is 1. The highest BCUT2D eigenvalue weighted by molar-refractivity contribution is 14.1. The van der Waals surface area contributed by atoms with Crippen LogP contribution in [0.5, 0.6) is 0 Å². The molecule has 0 aliphatic heterocycles. The number of nitro benzene ring substituents is 1. The van der Waals surface area contributed by atoms with Gasteiger partial charge < -0.3 is 5.32 Å². The van der Waals surface area contributed by atoms with E-state index in [4.69, 9.17) is 0 Å². The van der Waals surface area contributed by atoms with E-state index in [9.17, 15) is 10.1 Å². The molecule has 0 aliphatic rings. The van der Waals surface area contributed by atoms with Crippen LogP contribution in [-0.2, 0) is 0 Å². The molecule has 7 nitrogen and oxygen atoms in total. The third kappa shape index (κ3) is 2.75. The summed E-state index contributed by atoms with van der Waals surface area (Å²) >= 11 is 2.06. The molecule has 18 heavy (non-hydrogen) atoms. The molecule has 0 amide bonds. The van der Waals surface area contributed by atoms with E-state index in [0.717, 1.165) is 9.26 Å². The number of nitro groups is 1. The summed E-state index contributed by atoms with van der Waals surface area (Å²) in [5.74, 6) is 0.712. The Labute approximate surface area is 116 Å². The molecular weight excluding hydrogens is 349 g/mol. The van der Waals surface area contributed by atoms with Crippen LogP contribution in [0.1, 0.15) is 18.8 Å². The molecule has 0 aliphatic carbocycles. The number of rotatable bonds is 4. The zero-order valence-corrected chi connectivity index (χ0v) is 11.6. The molecule has 2 rings (SSSR count). The molecule has 8 heteroatoms. The predicted octanol–water partition coefficient (Wildman–Crippen LogP) is 2.49. The van der Waals surface area contributed by atoms with Crippen LogP contribution in [0.4, 0.5) is 11.4 Å². The lowest BCUT2D eigenvalue weighted by molar-refractivity contribution is -0.384. The first-order valence-electron chi connectivity index (χ1n) is 5.13. The zero-order valence-electron chi connectivity index (χ0n) is 9.42. The molecular formula is C10H10IN5O2. The van der Waals surface area contributed by atoms with Crippen LogP contribution in [0.2, 0.25) is 0 Å². The van der Waals surface area contributed by atoms with Crippen LogP contribution in [0.3, 0.4) is 0 Å². The fourth-order valence-electron chi connectivity index (χ4n) is 1.46. The van der Waals surface area contributed by atoms with Gasteiger partial charge in [-0.3, -0.25) is 15.2 Å². The van der Waals surface area contributed by atoms with E-state index in [1.54, 1.807) is 6.07 Å². The maximum Gasteiger partial charge on any atom is 0.270 e. The standard InChI is InChI=1S/C10H10IN5O2/c1-6(10-12-5-13-15-10)14-9-3-2-7(16(17)18)4-8(9)11/h2-6,14H,1H3,(H,12,13,15). The first-order chi connectivity index (χ1) is 8.58. The molecule has 0 radical (unpaired) electrons. The molecule has 0 saturated heterocycles. The van der Waals surface area contributed by atoms with Crippen molar-refractivity contribution in [3.8, 4) is 0 Å². The minimum absolute atomic E-state index is 0.0533. The molecule has 1 atom stereocenters. The summed E-state index contributed by atoms with van der Waals surface area (Å²) in [7, 11) is 0. The Bertz CT molecular complexity index is 557. The van der Waals surface area contributed by atoms with E-state index in [1.807, 2.05) is 6.92 Å².